The van der Waals surface area contributed by atoms with Crippen LogP contribution >= 0.6 is 15.9 Å². The summed E-state index contributed by atoms with van der Waals surface area (Å²) in [7, 11) is 0. The van der Waals surface area contributed by atoms with Crippen molar-refractivity contribution >= 4 is 33.3 Å². The number of ketones is 1. The SMILES string of the molecule is CC(=O)c1cccc(NC(=O)COc2cc(C)c(Br)c(C)c2)c1. The number of hydrogen-bond donors (Lipinski definition) is 1. The minimum Gasteiger partial charge on any atom is -0.484 e. The first-order chi connectivity index (χ1) is 10.9. The van der Waals surface area contributed by atoms with Crippen LogP contribution in [0.4, 0.5) is 5.69 Å². The summed E-state index contributed by atoms with van der Waals surface area (Å²) >= 11 is 3.49. The molecule has 0 heterocycles. The van der Waals surface area contributed by atoms with Crippen molar-refractivity contribution in [2.75, 3.05) is 11.9 Å². The Kier molecular flexibility index (Phi) is 5.55. The molecule has 0 saturated heterocycles. The van der Waals surface area contributed by atoms with E-state index >= 15 is 0 Å². The smallest absolute Gasteiger partial charge is 0.262 e. The predicted octanol–water partition coefficient (Wildman–Crippen LogP) is 4.29. The molecule has 1 N–H and O–H groups in total. The molecule has 2 rings (SSSR count). The third-order valence-corrected chi connectivity index (χ3v) is 4.58. The zero-order valence-corrected chi connectivity index (χ0v) is 14.9. The summed E-state index contributed by atoms with van der Waals surface area (Å²) in [5.41, 5.74) is 3.24. The number of amides is 1. The highest BCUT2D eigenvalue weighted by atomic mass is 79.9. The summed E-state index contributed by atoms with van der Waals surface area (Å²) in [4.78, 5) is 23.3. The van der Waals surface area contributed by atoms with E-state index in [2.05, 4.69) is 21.2 Å². The average molecular weight is 376 g/mol. The van der Waals surface area contributed by atoms with Crippen LogP contribution in [0, 0.1) is 13.8 Å². The first-order valence-electron chi connectivity index (χ1n) is 7.17. The van der Waals surface area contributed by atoms with E-state index in [-0.39, 0.29) is 18.3 Å². The fourth-order valence-corrected chi connectivity index (χ4v) is 2.38. The summed E-state index contributed by atoms with van der Waals surface area (Å²) < 4.78 is 6.57. The minimum absolute atomic E-state index is 0.0434. The number of hydrogen-bond acceptors (Lipinski definition) is 3. The Morgan fingerprint density at radius 1 is 1.13 bits per heavy atom. The summed E-state index contributed by atoms with van der Waals surface area (Å²) in [6.45, 7) is 5.33. The van der Waals surface area contributed by atoms with E-state index in [1.54, 1.807) is 24.3 Å². The molecule has 5 heteroatoms. The van der Waals surface area contributed by atoms with Crippen LogP contribution in [0.15, 0.2) is 40.9 Å². The number of carbonyl (C=O) groups excluding carboxylic acids is 2. The van der Waals surface area contributed by atoms with Crippen LogP contribution in [-0.4, -0.2) is 18.3 Å². The number of rotatable bonds is 5. The second-order valence-corrected chi connectivity index (χ2v) is 6.14. The van der Waals surface area contributed by atoms with Gasteiger partial charge in [-0.25, -0.2) is 0 Å². The Morgan fingerprint density at radius 2 is 1.78 bits per heavy atom. The van der Waals surface area contributed by atoms with Gasteiger partial charge in [0, 0.05) is 15.7 Å². The molecule has 0 aliphatic rings. The van der Waals surface area contributed by atoms with Gasteiger partial charge in [0.1, 0.15) is 5.75 Å². The second kappa shape index (κ2) is 7.42. The van der Waals surface area contributed by atoms with Gasteiger partial charge in [0.15, 0.2) is 12.4 Å². The van der Waals surface area contributed by atoms with Gasteiger partial charge in [-0.15, -0.1) is 0 Å². The van der Waals surface area contributed by atoms with Gasteiger partial charge in [-0.1, -0.05) is 28.1 Å². The first kappa shape index (κ1) is 17.2. The molecule has 0 unspecified atom stereocenters. The molecule has 0 aliphatic heterocycles. The van der Waals surface area contributed by atoms with E-state index in [0.29, 0.717) is 17.0 Å². The first-order valence-corrected chi connectivity index (χ1v) is 7.96. The standard InChI is InChI=1S/C18H18BrNO3/c1-11-7-16(8-12(2)18(11)19)23-10-17(22)20-15-6-4-5-14(9-15)13(3)21/h4-9H,10H2,1-3H3,(H,20,22). The number of benzene rings is 2. The number of carbonyl (C=O) groups is 2. The molecule has 0 spiro atoms. The largest absolute Gasteiger partial charge is 0.484 e. The van der Waals surface area contributed by atoms with E-state index in [0.717, 1.165) is 15.6 Å². The van der Waals surface area contributed by atoms with Crippen molar-refractivity contribution in [3.8, 4) is 5.75 Å². The second-order valence-electron chi connectivity index (χ2n) is 5.34. The maximum absolute atomic E-state index is 12.0. The summed E-state index contributed by atoms with van der Waals surface area (Å²) in [6.07, 6.45) is 0. The summed E-state index contributed by atoms with van der Waals surface area (Å²) in [5, 5.41) is 2.72. The molecule has 2 aromatic carbocycles. The third kappa shape index (κ3) is 4.66. The molecule has 0 bridgehead atoms. The molecule has 1 amide bonds. The van der Waals surface area contributed by atoms with Crippen molar-refractivity contribution in [2.24, 2.45) is 0 Å². The Hall–Kier alpha value is -2.14. The van der Waals surface area contributed by atoms with E-state index in [4.69, 9.17) is 4.74 Å². The Bertz CT molecular complexity index is 733. The van der Waals surface area contributed by atoms with Crippen LogP contribution in [0.25, 0.3) is 0 Å². The fourth-order valence-electron chi connectivity index (χ4n) is 2.15. The van der Waals surface area contributed by atoms with Crippen molar-refractivity contribution in [3.05, 3.63) is 57.6 Å². The normalized spacial score (nSPS) is 10.3. The van der Waals surface area contributed by atoms with Gasteiger partial charge in [-0.05, 0) is 56.2 Å². The van der Waals surface area contributed by atoms with Gasteiger partial charge in [0.05, 0.1) is 0 Å². The van der Waals surface area contributed by atoms with Crippen LogP contribution in [0.5, 0.6) is 5.75 Å². The summed E-state index contributed by atoms with van der Waals surface area (Å²) in [5.74, 6) is 0.331. The number of nitrogens with one attached hydrogen (secondary N) is 1. The Balaban J connectivity index is 1.98. The molecule has 0 atom stereocenters. The minimum atomic E-state index is -0.274. The molecular weight excluding hydrogens is 358 g/mol. The average Bonchev–Trinajstić information content (AvgIpc) is 2.50. The van der Waals surface area contributed by atoms with Crippen molar-refractivity contribution in [2.45, 2.75) is 20.8 Å². The summed E-state index contributed by atoms with van der Waals surface area (Å²) in [6, 6.07) is 10.6. The lowest BCUT2D eigenvalue weighted by atomic mass is 10.1. The van der Waals surface area contributed by atoms with Crippen molar-refractivity contribution in [3.63, 3.8) is 0 Å². The Morgan fingerprint density at radius 3 is 2.39 bits per heavy atom. The zero-order valence-electron chi connectivity index (χ0n) is 13.3. The lowest BCUT2D eigenvalue weighted by molar-refractivity contribution is -0.118. The molecule has 0 aromatic heterocycles. The number of halogens is 1. The predicted molar refractivity (Wildman–Crippen MR) is 94.2 cm³/mol. The van der Waals surface area contributed by atoms with Crippen molar-refractivity contribution in [1.82, 2.24) is 0 Å². The lowest BCUT2D eigenvalue weighted by Crippen LogP contribution is -2.20. The fraction of sp³-hybridized carbons (Fsp3) is 0.222. The number of Topliss-reactive ketones (excluding diaryl/α,β-unsaturated/α-hetero) is 1. The highest BCUT2D eigenvalue weighted by Gasteiger charge is 2.08. The highest BCUT2D eigenvalue weighted by molar-refractivity contribution is 9.10. The monoisotopic (exact) mass is 375 g/mol. The molecular formula is C18H18BrNO3. The van der Waals surface area contributed by atoms with Gasteiger partial charge in [0.2, 0.25) is 0 Å². The number of anilines is 1. The van der Waals surface area contributed by atoms with Gasteiger partial charge in [0.25, 0.3) is 5.91 Å². The maximum Gasteiger partial charge on any atom is 0.262 e. The lowest BCUT2D eigenvalue weighted by Gasteiger charge is -2.11. The van der Waals surface area contributed by atoms with E-state index < -0.39 is 0 Å². The number of aryl methyl sites for hydroxylation is 2. The van der Waals surface area contributed by atoms with E-state index in [1.165, 1.54) is 6.92 Å². The maximum atomic E-state index is 12.0. The van der Waals surface area contributed by atoms with Gasteiger partial charge >= 0.3 is 0 Å². The molecule has 4 nitrogen and oxygen atoms in total. The highest BCUT2D eigenvalue weighted by Crippen LogP contribution is 2.26. The van der Waals surface area contributed by atoms with Crippen molar-refractivity contribution < 1.29 is 14.3 Å². The molecule has 0 radical (unpaired) electrons. The van der Waals surface area contributed by atoms with Gasteiger partial charge in [-0.2, -0.15) is 0 Å². The molecule has 0 aliphatic carbocycles. The van der Waals surface area contributed by atoms with Gasteiger partial charge < -0.3 is 10.1 Å². The quantitative estimate of drug-likeness (QED) is 0.793. The van der Waals surface area contributed by atoms with Crippen molar-refractivity contribution in [1.29, 1.82) is 0 Å². The van der Waals surface area contributed by atoms with E-state index in [1.807, 2.05) is 26.0 Å². The van der Waals surface area contributed by atoms with Crippen LogP contribution in [0.2, 0.25) is 0 Å². The van der Waals surface area contributed by atoms with Crippen LogP contribution < -0.4 is 10.1 Å². The van der Waals surface area contributed by atoms with Crippen LogP contribution in [0.3, 0.4) is 0 Å². The van der Waals surface area contributed by atoms with E-state index in [9.17, 15) is 9.59 Å². The molecule has 120 valence electrons. The van der Waals surface area contributed by atoms with Gasteiger partial charge in [-0.3, -0.25) is 9.59 Å². The van der Waals surface area contributed by atoms with Crippen LogP contribution in [-0.2, 0) is 4.79 Å². The number of ether oxygens (including phenoxy) is 1. The topological polar surface area (TPSA) is 55.4 Å². The molecule has 0 fully saturated rings. The zero-order chi connectivity index (χ0) is 17.0. The molecule has 23 heavy (non-hydrogen) atoms. The molecule has 2 aromatic rings. The molecule has 0 saturated carbocycles. The Labute approximate surface area is 144 Å². The third-order valence-electron chi connectivity index (χ3n) is 3.33. The van der Waals surface area contributed by atoms with Crippen LogP contribution in [0.1, 0.15) is 28.4 Å².